The number of hydrogen-bond acceptors (Lipinski definition) is 7. The Labute approximate surface area is 187 Å². The van der Waals surface area contributed by atoms with E-state index in [1.165, 1.54) is 20.3 Å². The van der Waals surface area contributed by atoms with Crippen molar-refractivity contribution in [3.8, 4) is 10.6 Å². The third-order valence-electron chi connectivity index (χ3n) is 4.64. The average molecular weight is 453 g/mol. The molecule has 0 fully saturated rings. The van der Waals surface area contributed by atoms with E-state index in [0.29, 0.717) is 10.7 Å². The lowest BCUT2D eigenvalue weighted by atomic mass is 10.1. The van der Waals surface area contributed by atoms with E-state index in [1.807, 2.05) is 30.3 Å². The Hall–Kier alpha value is -3.42. The van der Waals surface area contributed by atoms with Crippen molar-refractivity contribution in [2.45, 2.75) is 0 Å². The maximum absolute atomic E-state index is 12.6. The second kappa shape index (κ2) is 8.75. The number of methoxy groups -OCH3 is 2. The van der Waals surface area contributed by atoms with Gasteiger partial charge in [-0.3, -0.25) is 0 Å². The Kier molecular flexibility index (Phi) is 5.88. The van der Waals surface area contributed by atoms with Crippen LogP contribution in [0, 0.1) is 0 Å². The number of halogens is 1. The maximum atomic E-state index is 12.6. The second-order valence-corrected chi connectivity index (χ2v) is 7.90. The summed E-state index contributed by atoms with van der Waals surface area (Å²) in [6, 6.07) is 13.2. The minimum atomic E-state index is -0.678. The number of aromatic nitrogens is 1. The number of allylic oxidation sites excluding steroid dienone is 2. The van der Waals surface area contributed by atoms with Gasteiger partial charge in [-0.15, -0.1) is 11.3 Å². The Morgan fingerprint density at radius 1 is 1.03 bits per heavy atom. The summed E-state index contributed by atoms with van der Waals surface area (Å²) in [7, 11) is 2.51. The highest BCUT2D eigenvalue weighted by atomic mass is 35.5. The Balaban J connectivity index is 1.80. The van der Waals surface area contributed by atoms with Crippen molar-refractivity contribution < 1.29 is 19.1 Å². The molecule has 0 unspecified atom stereocenters. The molecule has 0 amide bonds. The lowest BCUT2D eigenvalue weighted by Crippen LogP contribution is -2.26. The standard InChI is InChI=1S/C23H17ClN2O4S/c1-29-22(27)16-7-5-6-12-26(20(16)23(28)30-2)14-10-11-15(17(24)13-14)21-25-18-8-3-4-9-19(18)31-21/h3-13H,1-2H3. The van der Waals surface area contributed by atoms with E-state index in [9.17, 15) is 9.59 Å². The molecule has 1 aromatic heterocycles. The quantitative estimate of drug-likeness (QED) is 0.512. The molecular formula is C23H17ClN2O4S. The van der Waals surface area contributed by atoms with Gasteiger partial charge in [-0.25, -0.2) is 14.6 Å². The first-order chi connectivity index (χ1) is 15.0. The summed E-state index contributed by atoms with van der Waals surface area (Å²) in [4.78, 5) is 31.1. The lowest BCUT2D eigenvalue weighted by molar-refractivity contribution is -0.139. The van der Waals surface area contributed by atoms with Crippen LogP contribution in [0.1, 0.15) is 0 Å². The Bertz CT molecular complexity index is 1240. The molecule has 0 N–H and O–H groups in total. The number of thiazole rings is 1. The first-order valence-electron chi connectivity index (χ1n) is 9.24. The number of esters is 2. The number of anilines is 1. The van der Waals surface area contributed by atoms with Crippen molar-refractivity contribution in [3.05, 3.63) is 83.2 Å². The zero-order valence-electron chi connectivity index (χ0n) is 16.7. The highest BCUT2D eigenvalue weighted by molar-refractivity contribution is 7.21. The first-order valence-corrected chi connectivity index (χ1v) is 10.4. The molecule has 156 valence electrons. The van der Waals surface area contributed by atoms with Crippen LogP contribution in [0.2, 0.25) is 5.02 Å². The zero-order chi connectivity index (χ0) is 22.0. The van der Waals surface area contributed by atoms with E-state index >= 15 is 0 Å². The number of rotatable bonds is 4. The summed E-state index contributed by atoms with van der Waals surface area (Å²) in [5.41, 5.74) is 2.37. The number of benzene rings is 2. The third kappa shape index (κ3) is 3.97. The van der Waals surface area contributed by atoms with Crippen LogP contribution in [0.3, 0.4) is 0 Å². The van der Waals surface area contributed by atoms with E-state index < -0.39 is 11.9 Å². The molecule has 0 saturated carbocycles. The minimum Gasteiger partial charge on any atom is -0.465 e. The molecule has 0 radical (unpaired) electrons. The van der Waals surface area contributed by atoms with Gasteiger partial charge in [-0.05, 0) is 42.5 Å². The number of para-hydroxylation sites is 1. The molecule has 1 aliphatic rings. The number of carbonyl (C=O) groups is 2. The van der Waals surface area contributed by atoms with Crippen molar-refractivity contribution in [3.63, 3.8) is 0 Å². The summed E-state index contributed by atoms with van der Waals surface area (Å²) in [5, 5.41) is 1.26. The molecule has 6 nitrogen and oxygen atoms in total. The molecule has 0 spiro atoms. The van der Waals surface area contributed by atoms with Crippen molar-refractivity contribution >= 4 is 50.8 Å². The molecule has 1 aliphatic heterocycles. The highest BCUT2D eigenvalue weighted by Crippen LogP contribution is 2.37. The fourth-order valence-electron chi connectivity index (χ4n) is 3.18. The van der Waals surface area contributed by atoms with Crippen LogP contribution in [0.5, 0.6) is 0 Å². The molecule has 0 saturated heterocycles. The van der Waals surface area contributed by atoms with E-state index in [4.69, 9.17) is 21.1 Å². The summed E-state index contributed by atoms with van der Waals surface area (Å²) in [5.74, 6) is -1.33. The fourth-order valence-corrected chi connectivity index (χ4v) is 4.51. The van der Waals surface area contributed by atoms with Gasteiger partial charge in [0.25, 0.3) is 0 Å². The Morgan fingerprint density at radius 3 is 2.52 bits per heavy atom. The van der Waals surface area contributed by atoms with E-state index in [1.54, 1.807) is 46.7 Å². The molecule has 31 heavy (non-hydrogen) atoms. The maximum Gasteiger partial charge on any atom is 0.355 e. The fraction of sp³-hybridized carbons (Fsp3) is 0.0870. The molecular weight excluding hydrogens is 436 g/mol. The number of hydrogen-bond donors (Lipinski definition) is 0. The van der Waals surface area contributed by atoms with Gasteiger partial charge in [-0.1, -0.05) is 29.8 Å². The molecule has 2 aromatic carbocycles. The molecule has 3 aromatic rings. The molecule has 4 rings (SSSR count). The van der Waals surface area contributed by atoms with Crippen molar-refractivity contribution in [1.29, 1.82) is 0 Å². The van der Waals surface area contributed by atoms with Gasteiger partial charge in [0.15, 0.2) is 0 Å². The third-order valence-corrected chi connectivity index (χ3v) is 6.03. The minimum absolute atomic E-state index is 0.0307. The smallest absolute Gasteiger partial charge is 0.355 e. The van der Waals surface area contributed by atoms with Gasteiger partial charge in [0.05, 0.1) is 35.0 Å². The molecule has 2 heterocycles. The molecule has 8 heteroatoms. The van der Waals surface area contributed by atoms with Gasteiger partial charge in [-0.2, -0.15) is 0 Å². The van der Waals surface area contributed by atoms with E-state index in [-0.39, 0.29) is 11.3 Å². The normalized spacial score (nSPS) is 13.5. The molecule has 0 bridgehead atoms. The predicted molar refractivity (Wildman–Crippen MR) is 122 cm³/mol. The van der Waals surface area contributed by atoms with Crippen LogP contribution in [0.4, 0.5) is 5.69 Å². The molecule has 0 aliphatic carbocycles. The largest absolute Gasteiger partial charge is 0.465 e. The SMILES string of the molecule is COC(=O)C1=C(C(=O)OC)N(c2ccc(-c3nc4ccccc4s3)c(Cl)c2)C=CC=C1. The van der Waals surface area contributed by atoms with Crippen LogP contribution in [0.25, 0.3) is 20.8 Å². The van der Waals surface area contributed by atoms with Gasteiger partial charge in [0.1, 0.15) is 10.7 Å². The number of nitrogens with zero attached hydrogens (tertiary/aromatic N) is 2. The predicted octanol–water partition coefficient (Wildman–Crippen LogP) is 5.11. The van der Waals surface area contributed by atoms with Crippen LogP contribution in [0.15, 0.2) is 78.2 Å². The Morgan fingerprint density at radius 2 is 1.81 bits per heavy atom. The van der Waals surface area contributed by atoms with Gasteiger partial charge in [0.2, 0.25) is 0 Å². The van der Waals surface area contributed by atoms with Gasteiger partial charge in [0, 0.05) is 17.5 Å². The summed E-state index contributed by atoms with van der Waals surface area (Å²) >= 11 is 8.16. The van der Waals surface area contributed by atoms with Gasteiger partial charge >= 0.3 is 11.9 Å². The topological polar surface area (TPSA) is 68.7 Å². The van der Waals surface area contributed by atoms with Crippen LogP contribution in [-0.4, -0.2) is 31.1 Å². The van der Waals surface area contributed by atoms with Gasteiger partial charge < -0.3 is 14.4 Å². The van der Waals surface area contributed by atoms with Crippen molar-refractivity contribution in [1.82, 2.24) is 4.98 Å². The lowest BCUT2D eigenvalue weighted by Gasteiger charge is -2.23. The molecule has 0 atom stereocenters. The van der Waals surface area contributed by atoms with Crippen molar-refractivity contribution in [2.24, 2.45) is 0 Å². The first kappa shape index (κ1) is 20.8. The monoisotopic (exact) mass is 452 g/mol. The summed E-state index contributed by atoms with van der Waals surface area (Å²) in [6.07, 6.45) is 6.51. The zero-order valence-corrected chi connectivity index (χ0v) is 18.2. The van der Waals surface area contributed by atoms with Crippen molar-refractivity contribution in [2.75, 3.05) is 19.1 Å². The summed E-state index contributed by atoms with van der Waals surface area (Å²) in [6.45, 7) is 0. The number of ether oxygens (including phenoxy) is 2. The highest BCUT2D eigenvalue weighted by Gasteiger charge is 2.27. The second-order valence-electron chi connectivity index (χ2n) is 6.47. The number of fused-ring (bicyclic) bond motifs is 1. The number of carbonyl (C=O) groups excluding carboxylic acids is 2. The van der Waals surface area contributed by atoms with Crippen LogP contribution < -0.4 is 4.90 Å². The summed E-state index contributed by atoms with van der Waals surface area (Å²) < 4.78 is 10.8. The average Bonchev–Trinajstić information content (AvgIpc) is 3.09. The van der Waals surface area contributed by atoms with E-state index in [0.717, 1.165) is 20.8 Å². The van der Waals surface area contributed by atoms with Crippen LogP contribution in [-0.2, 0) is 19.1 Å². The van der Waals surface area contributed by atoms with E-state index in [2.05, 4.69) is 4.98 Å². The van der Waals surface area contributed by atoms with Crippen LogP contribution >= 0.6 is 22.9 Å².